The fraction of sp³-hybridized carbons (Fsp3) is 0.611. The summed E-state index contributed by atoms with van der Waals surface area (Å²) < 4.78 is 5.90. The second-order valence-electron chi connectivity index (χ2n) is 6.44. The van der Waals surface area contributed by atoms with Crippen molar-refractivity contribution in [2.24, 2.45) is 5.92 Å². The van der Waals surface area contributed by atoms with E-state index in [-0.39, 0.29) is 17.9 Å². The number of ether oxygens (including phenoxy) is 1. The van der Waals surface area contributed by atoms with Gasteiger partial charge < -0.3 is 10.1 Å². The number of nitrogens with zero attached hydrogens (tertiary/aromatic N) is 1. The normalized spacial score (nSPS) is 23.5. The van der Waals surface area contributed by atoms with Crippen LogP contribution in [0.5, 0.6) is 0 Å². The van der Waals surface area contributed by atoms with E-state index in [4.69, 9.17) is 4.74 Å². The topological polar surface area (TPSA) is 41.6 Å². The molecular formula is C18H26N2O2. The van der Waals surface area contributed by atoms with Gasteiger partial charge in [0.2, 0.25) is 5.91 Å². The first-order valence-corrected chi connectivity index (χ1v) is 8.47. The lowest BCUT2D eigenvalue weighted by molar-refractivity contribution is -0.128. The Morgan fingerprint density at radius 3 is 2.77 bits per heavy atom. The number of hydrogen-bond donors (Lipinski definition) is 1. The van der Waals surface area contributed by atoms with Crippen molar-refractivity contribution >= 4 is 5.91 Å². The van der Waals surface area contributed by atoms with Gasteiger partial charge in [0.15, 0.2) is 0 Å². The highest BCUT2D eigenvalue weighted by Gasteiger charge is 2.26. The van der Waals surface area contributed by atoms with E-state index in [0.717, 1.165) is 45.5 Å². The molecule has 2 fully saturated rings. The van der Waals surface area contributed by atoms with Crippen LogP contribution in [0.4, 0.5) is 0 Å². The molecule has 1 aliphatic carbocycles. The molecule has 0 bridgehead atoms. The quantitative estimate of drug-likeness (QED) is 0.906. The molecule has 1 aliphatic heterocycles. The Morgan fingerprint density at radius 1 is 1.23 bits per heavy atom. The minimum Gasteiger partial charge on any atom is -0.375 e. The van der Waals surface area contributed by atoms with Crippen LogP contribution in [0.25, 0.3) is 0 Å². The molecule has 1 saturated carbocycles. The number of hydrogen-bond acceptors (Lipinski definition) is 3. The van der Waals surface area contributed by atoms with Crippen molar-refractivity contribution in [3.8, 4) is 0 Å². The first-order chi connectivity index (χ1) is 10.8. The molecule has 1 aromatic carbocycles. The third kappa shape index (κ3) is 4.31. The van der Waals surface area contributed by atoms with Crippen LogP contribution in [-0.2, 0) is 16.1 Å². The first-order valence-electron chi connectivity index (χ1n) is 8.47. The van der Waals surface area contributed by atoms with Gasteiger partial charge in [-0.05, 0) is 24.8 Å². The maximum Gasteiger partial charge on any atom is 0.223 e. The second kappa shape index (κ2) is 7.75. The van der Waals surface area contributed by atoms with Gasteiger partial charge in [-0.15, -0.1) is 0 Å². The number of carbonyl (C=O) groups is 1. The van der Waals surface area contributed by atoms with Gasteiger partial charge in [0.1, 0.15) is 0 Å². The van der Waals surface area contributed by atoms with Crippen LogP contribution in [-0.4, -0.2) is 43.2 Å². The average molecular weight is 302 g/mol. The molecule has 22 heavy (non-hydrogen) atoms. The predicted octanol–water partition coefficient (Wildman–Crippen LogP) is 2.19. The Kier molecular flexibility index (Phi) is 5.46. The predicted molar refractivity (Wildman–Crippen MR) is 86.4 cm³/mol. The van der Waals surface area contributed by atoms with E-state index in [1.54, 1.807) is 0 Å². The zero-order valence-electron chi connectivity index (χ0n) is 13.2. The van der Waals surface area contributed by atoms with Gasteiger partial charge in [-0.2, -0.15) is 0 Å². The van der Waals surface area contributed by atoms with E-state index in [9.17, 15) is 4.79 Å². The lowest BCUT2D eigenvalue weighted by Crippen LogP contribution is -2.43. The van der Waals surface area contributed by atoms with Gasteiger partial charge in [-0.1, -0.05) is 36.8 Å². The van der Waals surface area contributed by atoms with E-state index in [1.807, 2.05) is 6.07 Å². The van der Waals surface area contributed by atoms with Gasteiger partial charge in [-0.25, -0.2) is 0 Å². The summed E-state index contributed by atoms with van der Waals surface area (Å²) in [5, 5.41) is 3.08. The Morgan fingerprint density at radius 2 is 2.05 bits per heavy atom. The van der Waals surface area contributed by atoms with Crippen LogP contribution in [0.15, 0.2) is 30.3 Å². The van der Waals surface area contributed by atoms with Gasteiger partial charge in [0.25, 0.3) is 0 Å². The Hall–Kier alpha value is -1.39. The summed E-state index contributed by atoms with van der Waals surface area (Å²) >= 11 is 0. The van der Waals surface area contributed by atoms with E-state index < -0.39 is 0 Å². The molecule has 120 valence electrons. The molecular weight excluding hydrogens is 276 g/mol. The smallest absolute Gasteiger partial charge is 0.223 e. The van der Waals surface area contributed by atoms with Gasteiger partial charge in [0, 0.05) is 38.7 Å². The minimum atomic E-state index is 0.107. The first kappa shape index (κ1) is 15.5. The van der Waals surface area contributed by atoms with Crippen LogP contribution in [0, 0.1) is 5.92 Å². The third-order valence-corrected chi connectivity index (χ3v) is 4.66. The highest BCUT2D eigenvalue weighted by molar-refractivity contribution is 5.79. The molecule has 0 unspecified atom stereocenters. The van der Waals surface area contributed by atoms with Gasteiger partial charge in [-0.3, -0.25) is 9.69 Å². The Balaban J connectivity index is 1.48. The molecule has 3 rings (SSSR count). The van der Waals surface area contributed by atoms with Crippen LogP contribution >= 0.6 is 0 Å². The maximum absolute atomic E-state index is 11.9. The van der Waals surface area contributed by atoms with Crippen molar-refractivity contribution in [2.45, 2.75) is 38.3 Å². The highest BCUT2D eigenvalue weighted by Crippen LogP contribution is 2.26. The average Bonchev–Trinajstić information content (AvgIpc) is 2.70. The van der Waals surface area contributed by atoms with Crippen molar-refractivity contribution < 1.29 is 9.53 Å². The number of nitrogens with one attached hydrogen (secondary N) is 1. The number of carbonyl (C=O) groups excluding carboxylic acids is 1. The number of benzene rings is 1. The fourth-order valence-corrected chi connectivity index (χ4v) is 3.11. The van der Waals surface area contributed by atoms with E-state index in [0.29, 0.717) is 6.54 Å². The van der Waals surface area contributed by atoms with E-state index >= 15 is 0 Å². The van der Waals surface area contributed by atoms with Gasteiger partial charge >= 0.3 is 0 Å². The molecule has 4 heteroatoms. The molecule has 0 spiro atoms. The summed E-state index contributed by atoms with van der Waals surface area (Å²) in [6, 6.07) is 10.5. The Bertz CT molecular complexity index is 473. The fourth-order valence-electron chi connectivity index (χ4n) is 3.11. The molecule has 1 saturated heterocycles. The molecule has 1 atom stereocenters. The maximum atomic E-state index is 11.9. The summed E-state index contributed by atoms with van der Waals surface area (Å²) in [6.07, 6.45) is 4.47. The van der Waals surface area contributed by atoms with Crippen molar-refractivity contribution in [2.75, 3.05) is 26.2 Å². The standard InChI is InChI=1S/C18H26N2O2/c21-18(16-8-4-9-16)19-12-17-14-20(10-5-11-22-17)13-15-6-2-1-3-7-15/h1-3,6-7,16-17H,4-5,8-14H2,(H,19,21)/t17-/m1/s1. The molecule has 1 amide bonds. The SMILES string of the molecule is O=C(NC[C@@H]1CN(Cc2ccccc2)CCCO1)C1CCC1. The zero-order valence-corrected chi connectivity index (χ0v) is 13.2. The summed E-state index contributed by atoms with van der Waals surface area (Å²) in [7, 11) is 0. The molecule has 0 radical (unpaired) electrons. The molecule has 2 aliphatic rings. The second-order valence-corrected chi connectivity index (χ2v) is 6.44. The third-order valence-electron chi connectivity index (χ3n) is 4.66. The summed E-state index contributed by atoms with van der Waals surface area (Å²) in [5.74, 6) is 0.472. The summed E-state index contributed by atoms with van der Waals surface area (Å²) in [4.78, 5) is 14.4. The molecule has 4 nitrogen and oxygen atoms in total. The Labute approximate surface area is 132 Å². The monoisotopic (exact) mass is 302 g/mol. The lowest BCUT2D eigenvalue weighted by Gasteiger charge is -2.27. The van der Waals surface area contributed by atoms with Crippen molar-refractivity contribution in [1.29, 1.82) is 0 Å². The van der Waals surface area contributed by atoms with E-state index in [2.05, 4.69) is 34.5 Å². The molecule has 1 heterocycles. The van der Waals surface area contributed by atoms with Crippen molar-refractivity contribution in [3.63, 3.8) is 0 Å². The van der Waals surface area contributed by atoms with Crippen LogP contribution < -0.4 is 5.32 Å². The van der Waals surface area contributed by atoms with Crippen LogP contribution in [0.1, 0.15) is 31.2 Å². The number of rotatable bonds is 5. The minimum absolute atomic E-state index is 0.107. The largest absolute Gasteiger partial charge is 0.375 e. The zero-order chi connectivity index (χ0) is 15.2. The number of amides is 1. The van der Waals surface area contributed by atoms with Crippen molar-refractivity contribution in [1.82, 2.24) is 10.2 Å². The molecule has 0 aromatic heterocycles. The highest BCUT2D eigenvalue weighted by atomic mass is 16.5. The molecule has 1 N–H and O–H groups in total. The van der Waals surface area contributed by atoms with Gasteiger partial charge in [0.05, 0.1) is 6.10 Å². The van der Waals surface area contributed by atoms with E-state index in [1.165, 1.54) is 12.0 Å². The summed E-state index contributed by atoms with van der Waals surface area (Å²) in [6.45, 7) is 4.33. The van der Waals surface area contributed by atoms with Crippen molar-refractivity contribution in [3.05, 3.63) is 35.9 Å². The summed E-state index contributed by atoms with van der Waals surface area (Å²) in [5.41, 5.74) is 1.33. The van der Waals surface area contributed by atoms with Crippen LogP contribution in [0.3, 0.4) is 0 Å². The lowest BCUT2D eigenvalue weighted by atomic mass is 9.85. The molecule has 1 aromatic rings. The van der Waals surface area contributed by atoms with Crippen LogP contribution in [0.2, 0.25) is 0 Å².